The minimum atomic E-state index is -0.822. The lowest BCUT2D eigenvalue weighted by molar-refractivity contribution is -0.167. The van der Waals surface area contributed by atoms with Crippen LogP contribution in [0.5, 0.6) is 0 Å². The van der Waals surface area contributed by atoms with E-state index in [0.717, 1.165) is 186 Å². The Bertz CT molecular complexity index is 1990. The molecule has 462 valence electrons. The van der Waals surface area contributed by atoms with Gasteiger partial charge in [0.15, 0.2) is 6.10 Å². The fourth-order valence-corrected chi connectivity index (χ4v) is 8.18. The van der Waals surface area contributed by atoms with Crippen molar-refractivity contribution in [3.8, 4) is 0 Å². The number of hydrogen-bond acceptors (Lipinski definition) is 6. The average molecular weight is 1140 g/mol. The van der Waals surface area contributed by atoms with Crippen molar-refractivity contribution >= 4 is 17.9 Å². The molecule has 0 aliphatic heterocycles. The van der Waals surface area contributed by atoms with Gasteiger partial charge in [0.05, 0.1) is 0 Å². The molecule has 0 amide bonds. The Kier molecular flexibility index (Phi) is 64.0. The number of allylic oxidation sites excluding steroid dienone is 32. The summed E-state index contributed by atoms with van der Waals surface area (Å²) in [7, 11) is 0. The Morgan fingerprint density at radius 3 is 0.759 bits per heavy atom. The second kappa shape index (κ2) is 68.7. The van der Waals surface area contributed by atoms with E-state index in [0.29, 0.717) is 12.8 Å². The third kappa shape index (κ3) is 66.9. The first-order valence-electron chi connectivity index (χ1n) is 32.9. The summed E-state index contributed by atoms with van der Waals surface area (Å²) in [5, 5.41) is 0. The van der Waals surface area contributed by atoms with E-state index >= 15 is 0 Å². The summed E-state index contributed by atoms with van der Waals surface area (Å²) in [6, 6.07) is 0. The van der Waals surface area contributed by atoms with Crippen LogP contribution in [0.25, 0.3) is 0 Å². The van der Waals surface area contributed by atoms with E-state index in [1.165, 1.54) is 25.7 Å². The molecule has 0 saturated heterocycles. The van der Waals surface area contributed by atoms with Crippen LogP contribution in [0.1, 0.15) is 252 Å². The van der Waals surface area contributed by atoms with Crippen molar-refractivity contribution < 1.29 is 28.6 Å². The zero-order valence-electron chi connectivity index (χ0n) is 52.9. The molecule has 0 aliphatic carbocycles. The van der Waals surface area contributed by atoms with Gasteiger partial charge in [-0.05, 0) is 161 Å². The molecular weight excluding hydrogens is 1020 g/mol. The zero-order chi connectivity index (χ0) is 59.9. The molecule has 0 saturated carbocycles. The first kappa shape index (κ1) is 77.2. The number of carbonyl (C=O) groups excluding carboxylic acids is 3. The lowest BCUT2D eigenvalue weighted by Crippen LogP contribution is -2.30. The van der Waals surface area contributed by atoms with Crippen LogP contribution in [0.3, 0.4) is 0 Å². The third-order valence-electron chi connectivity index (χ3n) is 13.1. The largest absolute Gasteiger partial charge is 0.462 e. The quantitative estimate of drug-likeness (QED) is 0.0261. The fourth-order valence-electron chi connectivity index (χ4n) is 8.18. The predicted molar refractivity (Wildman–Crippen MR) is 361 cm³/mol. The lowest BCUT2D eigenvalue weighted by atomic mass is 10.1. The van der Waals surface area contributed by atoms with Crippen LogP contribution in [0, 0.1) is 0 Å². The SMILES string of the molecule is CC/C=C\C/C=C\C/C=C\C/C=C\C/C=C\C/C=C\C/C=C\C/C=C\C/C=C\CCCCCC(=O)OCC(COC(=O)CCCCCCC/C=C\CCCC)OC(=O)CCCCCC/C=C\C/C=C\C/C=C\C/C=C\C/C=C\C/C=C\CC. The van der Waals surface area contributed by atoms with Crippen LogP contribution < -0.4 is 0 Å². The van der Waals surface area contributed by atoms with Gasteiger partial charge in [-0.25, -0.2) is 0 Å². The molecule has 0 bridgehead atoms. The second-order valence-corrected chi connectivity index (χ2v) is 20.9. The number of rotatable bonds is 57. The highest BCUT2D eigenvalue weighted by atomic mass is 16.6. The van der Waals surface area contributed by atoms with Crippen LogP contribution in [0.2, 0.25) is 0 Å². The van der Waals surface area contributed by atoms with Gasteiger partial charge < -0.3 is 14.2 Å². The number of esters is 3. The maximum Gasteiger partial charge on any atom is 0.306 e. The summed E-state index contributed by atoms with van der Waals surface area (Å²) in [6.07, 6.45) is 104. The monoisotopic (exact) mass is 1140 g/mol. The normalized spacial score (nSPS) is 13.4. The molecule has 0 spiro atoms. The molecular formula is C77H118O6. The molecule has 6 nitrogen and oxygen atoms in total. The summed E-state index contributed by atoms with van der Waals surface area (Å²) in [6.45, 7) is 6.30. The van der Waals surface area contributed by atoms with Gasteiger partial charge in [-0.2, -0.15) is 0 Å². The van der Waals surface area contributed by atoms with Crippen LogP contribution in [-0.2, 0) is 28.6 Å². The molecule has 1 atom stereocenters. The minimum absolute atomic E-state index is 0.114. The summed E-state index contributed by atoms with van der Waals surface area (Å²) < 4.78 is 16.8. The highest BCUT2D eigenvalue weighted by Gasteiger charge is 2.19. The molecule has 0 fully saturated rings. The van der Waals surface area contributed by atoms with E-state index in [4.69, 9.17) is 14.2 Å². The van der Waals surface area contributed by atoms with Crippen LogP contribution in [0.4, 0.5) is 0 Å². The van der Waals surface area contributed by atoms with Gasteiger partial charge in [0.25, 0.3) is 0 Å². The van der Waals surface area contributed by atoms with Gasteiger partial charge in [-0.1, -0.05) is 267 Å². The van der Waals surface area contributed by atoms with Crippen molar-refractivity contribution in [1.82, 2.24) is 0 Å². The Labute approximate surface area is 509 Å². The van der Waals surface area contributed by atoms with E-state index in [1.54, 1.807) is 0 Å². The van der Waals surface area contributed by atoms with Crippen LogP contribution in [-0.4, -0.2) is 37.2 Å². The summed E-state index contributed by atoms with van der Waals surface area (Å²) in [5.74, 6) is -0.992. The lowest BCUT2D eigenvalue weighted by Gasteiger charge is -2.18. The summed E-state index contributed by atoms with van der Waals surface area (Å²) >= 11 is 0. The first-order valence-corrected chi connectivity index (χ1v) is 32.9. The van der Waals surface area contributed by atoms with Crippen molar-refractivity contribution in [2.45, 2.75) is 258 Å². The van der Waals surface area contributed by atoms with Crippen LogP contribution >= 0.6 is 0 Å². The Balaban J connectivity index is 4.44. The van der Waals surface area contributed by atoms with Gasteiger partial charge in [0, 0.05) is 19.3 Å². The van der Waals surface area contributed by atoms with Gasteiger partial charge in [-0.15, -0.1) is 0 Å². The van der Waals surface area contributed by atoms with Gasteiger partial charge in [0.1, 0.15) is 13.2 Å². The number of hydrogen-bond donors (Lipinski definition) is 0. The standard InChI is InChI=1S/C77H118O6/c1-4-7-10-13-16-19-22-24-26-28-30-32-34-35-36-37-38-39-40-41-43-44-46-48-50-52-55-58-61-64-67-70-76(79)82-73-74(72-81-75(78)69-66-63-60-57-54-21-18-15-12-9-6-3)83-77(80)71-68-65-62-59-56-53-51-49-47-45-42-33-31-29-27-25-23-20-17-14-11-8-5-2/h7-8,10-11,15-20,24-27,30-33,35-36,38-39,41,43,45-48,51-53,55,74H,4-6,9,12-14,21-23,28-29,34,37,40,42,44,49-50,54,56-73H2,1-3H3/b10-7-,11-8-,18-15-,19-16-,20-17-,26-24-,27-25-,32-30-,33-31-,36-35-,39-38-,43-41-,47-45-,48-46-,53-51-,55-52-. The van der Waals surface area contributed by atoms with E-state index in [-0.39, 0.29) is 37.5 Å². The third-order valence-corrected chi connectivity index (χ3v) is 13.1. The molecule has 0 aromatic carbocycles. The maximum atomic E-state index is 12.9. The number of ether oxygens (including phenoxy) is 3. The van der Waals surface area contributed by atoms with Crippen molar-refractivity contribution in [1.29, 1.82) is 0 Å². The topological polar surface area (TPSA) is 78.9 Å². The second-order valence-electron chi connectivity index (χ2n) is 20.9. The molecule has 0 heterocycles. The molecule has 0 rings (SSSR count). The van der Waals surface area contributed by atoms with Crippen molar-refractivity contribution in [2.24, 2.45) is 0 Å². The highest BCUT2D eigenvalue weighted by molar-refractivity contribution is 5.71. The molecule has 0 radical (unpaired) electrons. The first-order chi connectivity index (χ1) is 41.0. The van der Waals surface area contributed by atoms with Gasteiger partial charge in [0.2, 0.25) is 0 Å². The van der Waals surface area contributed by atoms with Gasteiger partial charge in [-0.3, -0.25) is 14.4 Å². The Morgan fingerprint density at radius 1 is 0.253 bits per heavy atom. The van der Waals surface area contributed by atoms with E-state index in [2.05, 4.69) is 215 Å². The summed E-state index contributed by atoms with van der Waals surface area (Å²) in [5.41, 5.74) is 0. The van der Waals surface area contributed by atoms with E-state index < -0.39 is 6.10 Å². The van der Waals surface area contributed by atoms with Crippen molar-refractivity contribution in [3.63, 3.8) is 0 Å². The maximum absolute atomic E-state index is 12.9. The smallest absolute Gasteiger partial charge is 0.306 e. The molecule has 83 heavy (non-hydrogen) atoms. The van der Waals surface area contributed by atoms with Crippen molar-refractivity contribution in [3.05, 3.63) is 194 Å². The molecule has 0 aliphatic rings. The molecule has 0 aromatic rings. The molecule has 0 aromatic heterocycles. The zero-order valence-corrected chi connectivity index (χ0v) is 52.9. The van der Waals surface area contributed by atoms with E-state index in [9.17, 15) is 14.4 Å². The number of carbonyl (C=O) groups is 3. The van der Waals surface area contributed by atoms with E-state index in [1.807, 2.05) is 0 Å². The molecule has 0 N–H and O–H groups in total. The highest BCUT2D eigenvalue weighted by Crippen LogP contribution is 2.13. The van der Waals surface area contributed by atoms with Gasteiger partial charge >= 0.3 is 17.9 Å². The summed E-state index contributed by atoms with van der Waals surface area (Å²) in [4.78, 5) is 38.3. The Hall–Kier alpha value is -5.75. The van der Waals surface area contributed by atoms with Crippen LogP contribution in [0.15, 0.2) is 194 Å². The number of unbranched alkanes of at least 4 members (excludes halogenated alkanes) is 14. The molecule has 6 heteroatoms. The fraction of sp³-hybridized carbons (Fsp3) is 0.545. The average Bonchev–Trinajstić information content (AvgIpc) is 3.48. The minimum Gasteiger partial charge on any atom is -0.462 e. The van der Waals surface area contributed by atoms with Crippen molar-refractivity contribution in [2.75, 3.05) is 13.2 Å². The molecule has 1 unspecified atom stereocenters. The predicted octanol–water partition coefficient (Wildman–Crippen LogP) is 23.0. The Morgan fingerprint density at radius 2 is 0.470 bits per heavy atom.